The van der Waals surface area contributed by atoms with Crippen LogP contribution in [0.3, 0.4) is 0 Å². The Hall–Kier alpha value is -2.93. The molecule has 0 saturated carbocycles. The zero-order chi connectivity index (χ0) is 17.8. The Morgan fingerprint density at radius 1 is 1.04 bits per heavy atom. The van der Waals surface area contributed by atoms with Gasteiger partial charge in [0.05, 0.1) is 22.1 Å². The normalized spacial score (nSPS) is 14.8. The van der Waals surface area contributed by atoms with Crippen molar-refractivity contribution in [1.82, 2.24) is 0 Å². The van der Waals surface area contributed by atoms with Gasteiger partial charge in [0.2, 0.25) is 0 Å². The number of hydrogen-bond donors (Lipinski definition) is 0. The van der Waals surface area contributed by atoms with Gasteiger partial charge in [0.15, 0.2) is 0 Å². The topological polar surface area (TPSA) is 80.5 Å². The quantitative estimate of drug-likeness (QED) is 0.530. The maximum absolute atomic E-state index is 13.0. The van der Waals surface area contributed by atoms with Crippen LogP contribution >= 0.6 is 0 Å². The van der Waals surface area contributed by atoms with Crippen LogP contribution < -0.4 is 4.31 Å². The van der Waals surface area contributed by atoms with Crippen LogP contribution in [0.4, 0.5) is 11.4 Å². The van der Waals surface area contributed by atoms with E-state index in [1.54, 1.807) is 37.3 Å². The summed E-state index contributed by atoms with van der Waals surface area (Å²) in [5.41, 5.74) is 1.69. The molecule has 0 aliphatic carbocycles. The molecule has 0 radical (unpaired) electrons. The number of hydrogen-bond acceptors (Lipinski definition) is 4. The lowest BCUT2D eigenvalue weighted by Gasteiger charge is -2.20. The van der Waals surface area contributed by atoms with Gasteiger partial charge < -0.3 is 0 Å². The predicted octanol–water partition coefficient (Wildman–Crippen LogP) is 3.77. The average Bonchev–Trinajstić information content (AvgIpc) is 2.80. The fourth-order valence-electron chi connectivity index (χ4n) is 3.32. The van der Waals surface area contributed by atoms with Crippen molar-refractivity contribution in [1.29, 1.82) is 0 Å². The molecule has 0 unspecified atom stereocenters. The molecule has 1 aliphatic heterocycles. The lowest BCUT2D eigenvalue weighted by atomic mass is 10.1. The van der Waals surface area contributed by atoms with Gasteiger partial charge in [-0.15, -0.1) is 0 Å². The van der Waals surface area contributed by atoms with E-state index in [4.69, 9.17) is 0 Å². The second-order valence-electron chi connectivity index (χ2n) is 5.96. The molecule has 3 aromatic carbocycles. The first-order valence-corrected chi connectivity index (χ1v) is 9.12. The summed E-state index contributed by atoms with van der Waals surface area (Å²) in [5.74, 6) is 0. The Balaban J connectivity index is 1.88. The van der Waals surface area contributed by atoms with Crippen molar-refractivity contribution in [3.05, 3.63) is 75.8 Å². The number of sulfonamides is 1. The molecule has 6 nitrogen and oxygen atoms in total. The van der Waals surface area contributed by atoms with E-state index in [9.17, 15) is 18.5 Å². The largest absolute Gasteiger partial charge is 0.272 e. The van der Waals surface area contributed by atoms with Crippen molar-refractivity contribution in [2.75, 3.05) is 4.31 Å². The van der Waals surface area contributed by atoms with E-state index in [0.717, 1.165) is 5.39 Å². The van der Waals surface area contributed by atoms with Gasteiger partial charge in [-0.2, -0.15) is 0 Å². The Kier molecular flexibility index (Phi) is 3.30. The summed E-state index contributed by atoms with van der Waals surface area (Å²) >= 11 is 0. The van der Waals surface area contributed by atoms with Gasteiger partial charge >= 0.3 is 0 Å². The third-order valence-corrected chi connectivity index (χ3v) is 6.41. The van der Waals surface area contributed by atoms with Crippen LogP contribution in [0.25, 0.3) is 10.8 Å². The van der Waals surface area contributed by atoms with Crippen LogP contribution in [-0.4, -0.2) is 13.3 Å². The molecule has 7 heteroatoms. The molecule has 126 valence electrons. The van der Waals surface area contributed by atoms with Gasteiger partial charge in [0.1, 0.15) is 0 Å². The molecule has 0 bridgehead atoms. The molecular weight excluding hydrogens is 340 g/mol. The molecule has 0 N–H and O–H groups in total. The van der Waals surface area contributed by atoms with Gasteiger partial charge in [-0.05, 0) is 30.0 Å². The number of rotatable bonds is 3. The highest BCUT2D eigenvalue weighted by atomic mass is 32.2. The van der Waals surface area contributed by atoms with Gasteiger partial charge in [0.25, 0.3) is 15.7 Å². The van der Waals surface area contributed by atoms with Crippen LogP contribution in [0.1, 0.15) is 11.1 Å². The number of benzene rings is 3. The summed E-state index contributed by atoms with van der Waals surface area (Å²) in [6, 6.07) is 15.4. The van der Waals surface area contributed by atoms with E-state index in [1.807, 2.05) is 18.2 Å². The molecule has 25 heavy (non-hydrogen) atoms. The van der Waals surface area contributed by atoms with Crippen LogP contribution in [0.15, 0.2) is 59.5 Å². The molecule has 0 aromatic heterocycles. The van der Waals surface area contributed by atoms with Crippen LogP contribution in [0.5, 0.6) is 0 Å². The Morgan fingerprint density at radius 3 is 2.44 bits per heavy atom. The minimum atomic E-state index is -3.68. The zero-order valence-corrected chi connectivity index (χ0v) is 14.2. The van der Waals surface area contributed by atoms with Crippen molar-refractivity contribution in [2.24, 2.45) is 0 Å². The fourth-order valence-corrected chi connectivity index (χ4v) is 5.01. The molecule has 1 heterocycles. The highest BCUT2D eigenvalue weighted by Crippen LogP contribution is 2.43. The minimum absolute atomic E-state index is 0.00943. The van der Waals surface area contributed by atoms with E-state index in [1.165, 1.54) is 10.4 Å². The highest BCUT2D eigenvalue weighted by Gasteiger charge is 2.35. The number of nitro groups is 1. The SMILES string of the molecule is Cc1c(CN2c3cccc4cccc(c34)S2(=O)=O)cccc1[N+](=O)[O-]. The maximum atomic E-state index is 13.0. The summed E-state index contributed by atoms with van der Waals surface area (Å²) < 4.78 is 27.3. The van der Waals surface area contributed by atoms with Crippen molar-refractivity contribution in [2.45, 2.75) is 18.4 Å². The van der Waals surface area contributed by atoms with Gasteiger partial charge in [-0.3, -0.25) is 14.4 Å². The lowest BCUT2D eigenvalue weighted by Crippen LogP contribution is -2.26. The summed E-state index contributed by atoms with van der Waals surface area (Å²) in [4.78, 5) is 11.0. The minimum Gasteiger partial charge on any atom is -0.261 e. The first-order chi connectivity index (χ1) is 11.9. The molecule has 0 fully saturated rings. The van der Waals surface area contributed by atoms with Gasteiger partial charge in [-0.25, -0.2) is 8.42 Å². The summed E-state index contributed by atoms with van der Waals surface area (Å²) in [6.07, 6.45) is 0. The summed E-state index contributed by atoms with van der Waals surface area (Å²) in [6.45, 7) is 1.70. The molecule has 4 rings (SSSR count). The van der Waals surface area contributed by atoms with E-state index < -0.39 is 14.9 Å². The molecule has 0 spiro atoms. The first kappa shape index (κ1) is 15.6. The van der Waals surface area contributed by atoms with Crippen molar-refractivity contribution in [3.8, 4) is 0 Å². The first-order valence-electron chi connectivity index (χ1n) is 7.68. The van der Waals surface area contributed by atoms with Crippen LogP contribution in [-0.2, 0) is 16.6 Å². The molecule has 1 aliphatic rings. The highest BCUT2D eigenvalue weighted by molar-refractivity contribution is 7.93. The van der Waals surface area contributed by atoms with Gasteiger partial charge in [-0.1, -0.05) is 36.4 Å². The van der Waals surface area contributed by atoms with E-state index in [-0.39, 0.29) is 17.1 Å². The number of nitro benzene ring substituents is 1. The van der Waals surface area contributed by atoms with E-state index in [2.05, 4.69) is 0 Å². The van der Waals surface area contributed by atoms with Crippen LogP contribution in [0, 0.1) is 17.0 Å². The zero-order valence-electron chi connectivity index (χ0n) is 13.3. The average molecular weight is 354 g/mol. The van der Waals surface area contributed by atoms with E-state index in [0.29, 0.717) is 22.2 Å². The molecule has 0 amide bonds. The van der Waals surface area contributed by atoms with Crippen molar-refractivity contribution >= 4 is 32.2 Å². The molecule has 0 saturated heterocycles. The second kappa shape index (κ2) is 5.29. The predicted molar refractivity (Wildman–Crippen MR) is 95.2 cm³/mol. The Morgan fingerprint density at radius 2 is 1.72 bits per heavy atom. The molecular formula is C18H14N2O4S. The molecule has 0 atom stereocenters. The summed E-state index contributed by atoms with van der Waals surface area (Å²) in [7, 11) is -3.68. The fraction of sp³-hybridized carbons (Fsp3) is 0.111. The van der Waals surface area contributed by atoms with Crippen LogP contribution in [0.2, 0.25) is 0 Å². The lowest BCUT2D eigenvalue weighted by molar-refractivity contribution is -0.385. The number of anilines is 1. The standard InChI is InChI=1S/C18H14N2O4S/c1-12-14(7-3-8-15(12)20(21)22)11-19-16-9-2-5-13-6-4-10-17(18(13)16)25(19,23)24/h2-10H,11H2,1H3. The number of nitrogens with zero attached hydrogens (tertiary/aromatic N) is 2. The van der Waals surface area contributed by atoms with Crippen molar-refractivity contribution in [3.63, 3.8) is 0 Å². The van der Waals surface area contributed by atoms with Gasteiger partial charge in [0, 0.05) is 17.0 Å². The molecule has 3 aromatic rings. The monoisotopic (exact) mass is 354 g/mol. The van der Waals surface area contributed by atoms with E-state index >= 15 is 0 Å². The smallest absolute Gasteiger partial charge is 0.261 e. The van der Waals surface area contributed by atoms with Crippen molar-refractivity contribution < 1.29 is 13.3 Å². The Bertz CT molecular complexity index is 1130. The summed E-state index contributed by atoms with van der Waals surface area (Å²) in [5, 5.41) is 12.7. The third-order valence-electron chi connectivity index (χ3n) is 4.61. The second-order valence-corrected chi connectivity index (χ2v) is 7.79. The Labute approximate surface area is 144 Å². The third kappa shape index (κ3) is 2.20. The maximum Gasteiger partial charge on any atom is 0.272 e.